The molecule has 0 bridgehead atoms. The Balaban J connectivity index is 1.43. The summed E-state index contributed by atoms with van der Waals surface area (Å²) in [6.45, 7) is 1.88. The van der Waals surface area contributed by atoms with E-state index in [1.54, 1.807) is 24.4 Å². The summed E-state index contributed by atoms with van der Waals surface area (Å²) in [5, 5.41) is 32.4. The Morgan fingerprint density at radius 3 is 2.65 bits per heavy atom. The number of carbonyl (C=O) groups is 1. The quantitative estimate of drug-likeness (QED) is 0.105. The van der Waals surface area contributed by atoms with E-state index in [9.17, 15) is 20.3 Å². The van der Waals surface area contributed by atoms with Crippen LogP contribution in [0.1, 0.15) is 53.7 Å². The van der Waals surface area contributed by atoms with Crippen LogP contribution in [-0.4, -0.2) is 46.5 Å². The van der Waals surface area contributed by atoms with Crippen LogP contribution in [0.3, 0.4) is 0 Å². The number of benzene rings is 3. The Morgan fingerprint density at radius 1 is 1.10 bits per heavy atom. The summed E-state index contributed by atoms with van der Waals surface area (Å²) in [7, 11) is 0. The fourth-order valence-electron chi connectivity index (χ4n) is 5.46. The number of nitrogens with one attached hydrogen (secondary N) is 1. The first-order chi connectivity index (χ1) is 23.2. The van der Waals surface area contributed by atoms with Crippen LogP contribution in [0, 0.1) is 11.3 Å². The maximum absolute atomic E-state index is 11.8. The second-order valence-corrected chi connectivity index (χ2v) is 12.4. The van der Waals surface area contributed by atoms with Gasteiger partial charge in [-0.2, -0.15) is 5.26 Å². The van der Waals surface area contributed by atoms with E-state index in [-0.39, 0.29) is 19.3 Å². The first-order valence-corrected chi connectivity index (χ1v) is 16.2. The summed E-state index contributed by atoms with van der Waals surface area (Å²) in [4.78, 5) is 15.9. The van der Waals surface area contributed by atoms with Gasteiger partial charge in [0.15, 0.2) is 0 Å². The van der Waals surface area contributed by atoms with E-state index in [1.165, 1.54) is 13.1 Å². The number of carboxylic acid groups (broad SMARTS) is 1. The fourth-order valence-corrected chi connectivity index (χ4v) is 5.97. The lowest BCUT2D eigenvalue weighted by atomic mass is 9.96. The Kier molecular flexibility index (Phi) is 11.4. The zero-order valence-electron chi connectivity index (χ0n) is 26.3. The lowest BCUT2D eigenvalue weighted by molar-refractivity contribution is -0.145. The molecule has 1 heterocycles. The second-order valence-electron chi connectivity index (χ2n) is 11.6. The molecular weight excluding hydrogens is 655 g/mol. The van der Waals surface area contributed by atoms with E-state index >= 15 is 0 Å². The van der Waals surface area contributed by atoms with E-state index in [4.69, 9.17) is 43.1 Å². The van der Waals surface area contributed by atoms with E-state index in [2.05, 4.69) is 16.4 Å². The van der Waals surface area contributed by atoms with Crippen LogP contribution < -0.4 is 25.3 Å². The molecule has 5 N–H and O–H groups in total. The minimum atomic E-state index is -1.59. The fraction of sp³-hybridized carbons (Fsp3) is 0.306. The molecule has 0 radical (unpaired) electrons. The number of nitriles is 1. The highest BCUT2D eigenvalue weighted by atomic mass is 35.5. The van der Waals surface area contributed by atoms with Gasteiger partial charge in [0.25, 0.3) is 0 Å². The van der Waals surface area contributed by atoms with Crippen molar-refractivity contribution in [3.8, 4) is 34.4 Å². The summed E-state index contributed by atoms with van der Waals surface area (Å²) in [6, 6.07) is 18.9. The number of ether oxygens (including phenoxy) is 3. The minimum absolute atomic E-state index is 0.0283. The number of halogens is 2. The number of hydrogen-bond donors (Lipinski definition) is 4. The van der Waals surface area contributed by atoms with Gasteiger partial charge in [-0.3, -0.25) is 15.1 Å². The van der Waals surface area contributed by atoms with Gasteiger partial charge in [0.1, 0.15) is 41.6 Å². The number of pyridine rings is 1. The zero-order chi connectivity index (χ0) is 34.3. The molecule has 0 amide bonds. The predicted octanol–water partition coefficient (Wildman–Crippen LogP) is 6.23. The highest BCUT2D eigenvalue weighted by molar-refractivity contribution is 6.35. The molecule has 4 aromatic rings. The molecule has 3 aromatic carbocycles. The topological polar surface area (TPSA) is 160 Å². The third kappa shape index (κ3) is 7.84. The van der Waals surface area contributed by atoms with Gasteiger partial charge in [-0.25, -0.2) is 0 Å². The molecule has 0 spiro atoms. The molecule has 0 fully saturated rings. The molecule has 1 aliphatic rings. The Labute approximate surface area is 289 Å². The third-order valence-electron chi connectivity index (χ3n) is 8.23. The molecule has 5 rings (SSSR count). The van der Waals surface area contributed by atoms with Crippen LogP contribution in [0.5, 0.6) is 17.2 Å². The summed E-state index contributed by atoms with van der Waals surface area (Å²) in [5.74, 6) is 0.182. The maximum Gasteiger partial charge on any atom is 0.326 e. The summed E-state index contributed by atoms with van der Waals surface area (Å²) in [5.41, 5.74) is 9.65. The standard InChI is InChI=1S/C36H36Cl2N4O6/c1-36(21-43,35(44)45)42-19-24-14-29(37)33(15-32(24)47-20-23-13-22(16-40)17-41-18-23)48-30-10-9-26-25(5-2-6-27(26)30)28-7-3-8-31(34(28)38)46-12-4-11-39/h2-3,5-8,13-15,17-18,30,42-43H,4,9-12,19-21,39H2,1H3,(H,44,45)/t30-,36?/m0/s1. The lowest BCUT2D eigenvalue weighted by Crippen LogP contribution is -2.52. The number of aliphatic hydroxyl groups is 1. The van der Waals surface area contributed by atoms with Crippen LogP contribution >= 0.6 is 23.2 Å². The second kappa shape index (κ2) is 15.7. The third-order valence-corrected chi connectivity index (χ3v) is 8.92. The molecular formula is C36H36Cl2N4O6. The van der Waals surface area contributed by atoms with E-state index < -0.39 is 18.1 Å². The molecule has 1 aliphatic carbocycles. The number of nitrogens with zero attached hydrogens (tertiary/aromatic N) is 2. The van der Waals surface area contributed by atoms with Crippen LogP contribution in [0.15, 0.2) is 67.0 Å². The van der Waals surface area contributed by atoms with Crippen molar-refractivity contribution >= 4 is 29.2 Å². The van der Waals surface area contributed by atoms with Crippen molar-refractivity contribution in [2.75, 3.05) is 19.8 Å². The summed E-state index contributed by atoms with van der Waals surface area (Å²) < 4.78 is 18.6. The molecule has 0 saturated heterocycles. The van der Waals surface area contributed by atoms with Gasteiger partial charge in [0.05, 0.1) is 28.8 Å². The van der Waals surface area contributed by atoms with Crippen molar-refractivity contribution in [2.45, 2.75) is 51.0 Å². The number of hydrogen-bond acceptors (Lipinski definition) is 9. The van der Waals surface area contributed by atoms with Crippen molar-refractivity contribution < 1.29 is 29.2 Å². The SMILES string of the molecule is CC(CO)(NCc1cc(Cl)c(O[C@H]2CCc3c(-c4cccc(OCCCN)c4Cl)cccc32)cc1OCc1cncc(C#N)c1)C(=O)O. The minimum Gasteiger partial charge on any atom is -0.492 e. The molecule has 0 saturated carbocycles. The molecule has 250 valence electrons. The first-order valence-electron chi connectivity index (χ1n) is 15.5. The molecule has 0 aliphatic heterocycles. The van der Waals surface area contributed by atoms with Crippen molar-refractivity contribution in [3.05, 3.63) is 105 Å². The van der Waals surface area contributed by atoms with E-state index in [0.29, 0.717) is 63.6 Å². The van der Waals surface area contributed by atoms with Gasteiger partial charge in [-0.15, -0.1) is 0 Å². The number of aliphatic carboxylic acids is 1. The molecule has 2 atom stereocenters. The first kappa shape index (κ1) is 35.0. The highest BCUT2D eigenvalue weighted by Crippen LogP contribution is 2.45. The number of rotatable bonds is 15. The Morgan fingerprint density at radius 2 is 1.90 bits per heavy atom. The molecule has 10 nitrogen and oxygen atoms in total. The molecule has 1 aromatic heterocycles. The van der Waals surface area contributed by atoms with Crippen LogP contribution in [0.4, 0.5) is 0 Å². The lowest BCUT2D eigenvalue weighted by Gasteiger charge is -2.25. The summed E-state index contributed by atoms with van der Waals surface area (Å²) >= 11 is 13.6. The highest BCUT2D eigenvalue weighted by Gasteiger charge is 2.33. The zero-order valence-corrected chi connectivity index (χ0v) is 27.9. The van der Waals surface area contributed by atoms with Crippen LogP contribution in [0.2, 0.25) is 10.0 Å². The average molecular weight is 692 g/mol. The van der Waals surface area contributed by atoms with Gasteiger partial charge in [0, 0.05) is 41.7 Å². The molecule has 1 unspecified atom stereocenters. The van der Waals surface area contributed by atoms with Crippen LogP contribution in [-0.2, 0) is 24.4 Å². The number of nitrogens with two attached hydrogens (primary N) is 1. The number of aromatic nitrogens is 1. The van der Waals surface area contributed by atoms with Crippen LogP contribution in [0.25, 0.3) is 11.1 Å². The Bertz CT molecular complexity index is 1830. The number of carboxylic acids is 1. The van der Waals surface area contributed by atoms with Crippen molar-refractivity contribution in [2.24, 2.45) is 5.73 Å². The van der Waals surface area contributed by atoms with Crippen molar-refractivity contribution in [3.63, 3.8) is 0 Å². The monoisotopic (exact) mass is 690 g/mol. The molecule has 12 heteroatoms. The number of fused-ring (bicyclic) bond motifs is 1. The largest absolute Gasteiger partial charge is 0.492 e. The van der Waals surface area contributed by atoms with Crippen molar-refractivity contribution in [1.82, 2.24) is 10.3 Å². The van der Waals surface area contributed by atoms with Gasteiger partial charge in [-0.1, -0.05) is 53.5 Å². The Hall–Kier alpha value is -4.37. The molecule has 48 heavy (non-hydrogen) atoms. The van der Waals surface area contributed by atoms with Gasteiger partial charge in [0.2, 0.25) is 0 Å². The van der Waals surface area contributed by atoms with Crippen molar-refractivity contribution in [1.29, 1.82) is 5.26 Å². The normalized spacial score (nSPS) is 14.9. The smallest absolute Gasteiger partial charge is 0.326 e. The predicted molar refractivity (Wildman–Crippen MR) is 182 cm³/mol. The van der Waals surface area contributed by atoms with Gasteiger partial charge >= 0.3 is 5.97 Å². The summed E-state index contributed by atoms with van der Waals surface area (Å²) in [6.07, 6.45) is 4.93. The maximum atomic E-state index is 11.8. The van der Waals surface area contributed by atoms with E-state index in [0.717, 1.165) is 35.1 Å². The van der Waals surface area contributed by atoms with E-state index in [1.807, 2.05) is 36.4 Å². The van der Waals surface area contributed by atoms with Gasteiger partial charge < -0.3 is 30.2 Å². The average Bonchev–Trinajstić information content (AvgIpc) is 3.51. The van der Waals surface area contributed by atoms with Gasteiger partial charge in [-0.05, 0) is 67.6 Å². The number of aliphatic hydroxyl groups excluding tert-OH is 1.